The van der Waals surface area contributed by atoms with Crippen LogP contribution in [0.15, 0.2) is 58.0 Å². The maximum atomic E-state index is 15.3. The lowest BCUT2D eigenvalue weighted by molar-refractivity contribution is -0.127. The molecule has 4 unspecified atom stereocenters. The zero-order valence-corrected chi connectivity index (χ0v) is 23.5. The first kappa shape index (κ1) is 28.7. The number of nitrogens with one attached hydrogen (secondary N) is 1. The molecule has 42 heavy (non-hydrogen) atoms. The topological polar surface area (TPSA) is 79.5 Å². The predicted octanol–water partition coefficient (Wildman–Crippen LogP) is 4.47. The Morgan fingerprint density at radius 2 is 1.69 bits per heavy atom. The highest BCUT2D eigenvalue weighted by atomic mass is 35.5. The quantitative estimate of drug-likeness (QED) is 0.417. The molecule has 0 bridgehead atoms. The normalized spacial score (nSPS) is 28.8. The molecule has 1 aromatic heterocycles. The second-order valence-electron chi connectivity index (χ2n) is 10.9. The van der Waals surface area contributed by atoms with E-state index in [-0.39, 0.29) is 46.7 Å². The summed E-state index contributed by atoms with van der Waals surface area (Å²) in [5.74, 6) is -5.32. The van der Waals surface area contributed by atoms with Crippen molar-refractivity contribution in [1.82, 2.24) is 10.2 Å². The molecule has 1 amide bonds. The minimum atomic E-state index is -1.83. The van der Waals surface area contributed by atoms with Gasteiger partial charge in [0.15, 0.2) is 16.6 Å². The lowest BCUT2D eigenvalue weighted by Gasteiger charge is -2.38. The van der Waals surface area contributed by atoms with E-state index in [1.165, 1.54) is 25.1 Å². The van der Waals surface area contributed by atoms with Crippen LogP contribution in [0.2, 0.25) is 5.22 Å². The first-order valence-electron chi connectivity index (χ1n) is 13.2. The molecule has 13 heteroatoms. The number of carbonyl (C=O) groups is 1. The van der Waals surface area contributed by atoms with Crippen LogP contribution in [0.3, 0.4) is 0 Å². The monoisotopic (exact) mass is 606 g/mol. The number of likely N-dealkylation sites (N-methyl/N-ethyl adjacent to an activating group) is 1. The third-order valence-electron chi connectivity index (χ3n) is 8.17. The molecule has 2 fully saturated rings. The van der Waals surface area contributed by atoms with E-state index < -0.39 is 52.8 Å². The van der Waals surface area contributed by atoms with Crippen molar-refractivity contribution >= 4 is 28.9 Å². The van der Waals surface area contributed by atoms with Gasteiger partial charge in [-0.15, -0.1) is 0 Å². The molecule has 4 heterocycles. The summed E-state index contributed by atoms with van der Waals surface area (Å²) in [5, 5.41) is 8.55. The Labute approximate surface area is 243 Å². The number of benzene rings is 2. The van der Waals surface area contributed by atoms with Crippen molar-refractivity contribution in [2.24, 2.45) is 5.10 Å². The molecule has 0 aliphatic carbocycles. The van der Waals surface area contributed by atoms with Crippen molar-refractivity contribution in [3.05, 3.63) is 88.3 Å². The standard InChI is InChI=1S/C29H27ClF4N4O4/c1-29(28(39)35-19-12-40-27-21(37(2)3)13-41-26(19)27)24(22-8-9-23(30)42-22)25(16-6-4-14(31)10-17(16)33)36-38(29)20-7-5-15(32)11-18(20)34/h4-11,19,21,24,26-27H,12-13H2,1-3H3,(H,35,39)/t19-,21-,24?,26?,27?,29?/m0/s1. The Morgan fingerprint density at radius 1 is 1.00 bits per heavy atom. The van der Waals surface area contributed by atoms with E-state index >= 15 is 8.78 Å². The predicted molar refractivity (Wildman–Crippen MR) is 145 cm³/mol. The van der Waals surface area contributed by atoms with E-state index in [9.17, 15) is 13.6 Å². The number of rotatable bonds is 6. The van der Waals surface area contributed by atoms with Gasteiger partial charge in [0.2, 0.25) is 5.91 Å². The largest absolute Gasteiger partial charge is 0.449 e. The van der Waals surface area contributed by atoms with Crippen LogP contribution in [0.25, 0.3) is 0 Å². The van der Waals surface area contributed by atoms with Crippen LogP contribution < -0.4 is 10.3 Å². The second kappa shape index (κ2) is 10.7. The van der Waals surface area contributed by atoms with Crippen molar-refractivity contribution in [3.63, 3.8) is 0 Å². The van der Waals surface area contributed by atoms with Gasteiger partial charge in [-0.3, -0.25) is 4.79 Å². The average Bonchev–Trinajstić information content (AvgIpc) is 3.69. The fourth-order valence-electron chi connectivity index (χ4n) is 6.00. The van der Waals surface area contributed by atoms with Gasteiger partial charge in [0.05, 0.1) is 42.6 Å². The van der Waals surface area contributed by atoms with Gasteiger partial charge in [-0.05, 0) is 69.0 Å². The van der Waals surface area contributed by atoms with E-state index in [0.29, 0.717) is 18.7 Å². The molecule has 2 saturated heterocycles. The number of amides is 1. The molecule has 3 aliphatic heterocycles. The molecule has 8 nitrogen and oxygen atoms in total. The fraction of sp³-hybridized carbons (Fsp3) is 0.379. The van der Waals surface area contributed by atoms with E-state index in [2.05, 4.69) is 10.4 Å². The maximum absolute atomic E-state index is 15.3. The molecule has 3 aromatic rings. The third-order valence-corrected chi connectivity index (χ3v) is 8.38. The number of anilines is 1. The summed E-state index contributed by atoms with van der Waals surface area (Å²) in [7, 11) is 3.82. The number of furan rings is 1. The summed E-state index contributed by atoms with van der Waals surface area (Å²) in [6.07, 6.45) is -0.735. The lowest BCUT2D eigenvalue weighted by atomic mass is 9.78. The highest BCUT2D eigenvalue weighted by Gasteiger charge is 2.58. The fourth-order valence-corrected chi connectivity index (χ4v) is 6.16. The molecule has 3 aliphatic rings. The van der Waals surface area contributed by atoms with E-state index in [4.69, 9.17) is 25.5 Å². The number of hydrazone groups is 1. The Bertz CT molecular complexity index is 1570. The SMILES string of the molecule is CN(C)[C@H]1COC2C1OC[C@@H]2NC(=O)C1(C)C(c2ccc(Cl)o2)C(c2ccc(F)cc2F)=NN1c1ccc(F)cc1F. The maximum Gasteiger partial charge on any atom is 0.249 e. The minimum Gasteiger partial charge on any atom is -0.449 e. The van der Waals surface area contributed by atoms with Crippen molar-refractivity contribution in [2.45, 2.75) is 42.7 Å². The van der Waals surface area contributed by atoms with Crippen LogP contribution in [-0.4, -0.2) is 73.7 Å². The summed E-state index contributed by atoms with van der Waals surface area (Å²) in [4.78, 5) is 16.4. The van der Waals surface area contributed by atoms with Gasteiger partial charge in [0.25, 0.3) is 0 Å². The Morgan fingerprint density at radius 3 is 2.33 bits per heavy atom. The number of fused-ring (bicyclic) bond motifs is 1. The molecule has 6 atom stereocenters. The highest BCUT2D eigenvalue weighted by Crippen LogP contribution is 2.47. The third kappa shape index (κ3) is 4.66. The minimum absolute atomic E-state index is 0.0146. The summed E-state index contributed by atoms with van der Waals surface area (Å²) < 4.78 is 76.0. The number of hydrogen-bond donors (Lipinski definition) is 1. The van der Waals surface area contributed by atoms with Crippen molar-refractivity contribution in [1.29, 1.82) is 0 Å². The zero-order chi connectivity index (χ0) is 29.9. The summed E-state index contributed by atoms with van der Waals surface area (Å²) in [6.45, 7) is 2.04. The Hall–Kier alpha value is -3.45. The number of carbonyl (C=O) groups excluding carboxylic acids is 1. The highest BCUT2D eigenvalue weighted by molar-refractivity contribution is 6.28. The molecule has 1 N–H and O–H groups in total. The first-order valence-corrected chi connectivity index (χ1v) is 13.6. The van der Waals surface area contributed by atoms with Crippen LogP contribution in [0.5, 0.6) is 0 Å². The molecule has 6 rings (SSSR count). The first-order chi connectivity index (χ1) is 20.0. The van der Waals surface area contributed by atoms with Gasteiger partial charge in [-0.25, -0.2) is 22.6 Å². The number of hydrogen-bond acceptors (Lipinski definition) is 7. The Balaban J connectivity index is 1.46. The van der Waals surface area contributed by atoms with Crippen LogP contribution in [0.4, 0.5) is 23.2 Å². The summed E-state index contributed by atoms with van der Waals surface area (Å²) in [6, 6.07) is 8.05. The van der Waals surface area contributed by atoms with Crippen molar-refractivity contribution in [3.8, 4) is 0 Å². The van der Waals surface area contributed by atoms with Gasteiger partial charge in [0.1, 0.15) is 35.4 Å². The summed E-state index contributed by atoms with van der Waals surface area (Å²) >= 11 is 6.11. The molecule has 0 radical (unpaired) electrons. The molecule has 0 saturated carbocycles. The van der Waals surface area contributed by atoms with E-state index in [1.54, 1.807) is 0 Å². The average molecular weight is 607 g/mol. The van der Waals surface area contributed by atoms with Crippen LogP contribution in [0, 0.1) is 23.3 Å². The van der Waals surface area contributed by atoms with Gasteiger partial charge >= 0.3 is 0 Å². The molecule has 0 spiro atoms. The summed E-state index contributed by atoms with van der Waals surface area (Å²) in [5.41, 5.74) is -2.27. The van der Waals surface area contributed by atoms with Crippen LogP contribution in [-0.2, 0) is 14.3 Å². The van der Waals surface area contributed by atoms with Gasteiger partial charge in [-0.1, -0.05) is 0 Å². The molecular weight excluding hydrogens is 580 g/mol. The van der Waals surface area contributed by atoms with Gasteiger partial charge in [0, 0.05) is 17.7 Å². The van der Waals surface area contributed by atoms with Crippen molar-refractivity contribution < 1.29 is 36.2 Å². The van der Waals surface area contributed by atoms with Gasteiger partial charge in [-0.2, -0.15) is 5.10 Å². The number of halogens is 5. The number of ether oxygens (including phenoxy) is 2. The Kier molecular flexibility index (Phi) is 7.28. The lowest BCUT2D eigenvalue weighted by Crippen LogP contribution is -2.60. The number of nitrogens with zero attached hydrogens (tertiary/aromatic N) is 3. The van der Waals surface area contributed by atoms with E-state index in [1.807, 2.05) is 19.0 Å². The second-order valence-corrected chi connectivity index (χ2v) is 11.3. The zero-order valence-electron chi connectivity index (χ0n) is 22.8. The molecular formula is C29H27ClF4N4O4. The van der Waals surface area contributed by atoms with Crippen molar-refractivity contribution in [2.75, 3.05) is 32.3 Å². The molecule has 222 valence electrons. The molecule has 2 aromatic carbocycles. The van der Waals surface area contributed by atoms with Crippen LogP contribution >= 0.6 is 11.6 Å². The van der Waals surface area contributed by atoms with E-state index in [0.717, 1.165) is 23.2 Å². The smallest absolute Gasteiger partial charge is 0.249 e. The van der Waals surface area contributed by atoms with Gasteiger partial charge < -0.3 is 24.1 Å². The van der Waals surface area contributed by atoms with Crippen LogP contribution in [0.1, 0.15) is 24.2 Å².